The smallest absolute Gasteiger partial charge is 0.234 e. The Bertz CT molecular complexity index is 584. The van der Waals surface area contributed by atoms with Crippen molar-refractivity contribution in [2.24, 2.45) is 0 Å². The first-order chi connectivity index (χ1) is 9.15. The highest BCUT2D eigenvalue weighted by Crippen LogP contribution is 2.22. The lowest BCUT2D eigenvalue weighted by molar-refractivity contribution is -0.113. The number of benzene rings is 2. The SMILES string of the molecule is Cc1ccccc1SCC(=O)Nc1cccc(N)c1. The normalized spacial score (nSPS) is 10.2. The van der Waals surface area contributed by atoms with E-state index >= 15 is 0 Å². The van der Waals surface area contributed by atoms with Crippen LogP contribution in [0.25, 0.3) is 0 Å². The number of thioether (sulfide) groups is 1. The van der Waals surface area contributed by atoms with Gasteiger partial charge in [0.2, 0.25) is 5.91 Å². The lowest BCUT2D eigenvalue weighted by Gasteiger charge is -2.07. The Kier molecular flexibility index (Phi) is 4.47. The van der Waals surface area contributed by atoms with Gasteiger partial charge in [0.15, 0.2) is 0 Å². The van der Waals surface area contributed by atoms with Gasteiger partial charge < -0.3 is 11.1 Å². The summed E-state index contributed by atoms with van der Waals surface area (Å²) in [6, 6.07) is 15.2. The first-order valence-corrected chi connectivity index (χ1v) is 6.97. The van der Waals surface area contributed by atoms with Gasteiger partial charge in [-0.3, -0.25) is 4.79 Å². The van der Waals surface area contributed by atoms with E-state index in [-0.39, 0.29) is 5.91 Å². The molecule has 0 saturated heterocycles. The number of carbonyl (C=O) groups is 1. The minimum Gasteiger partial charge on any atom is -0.399 e. The zero-order chi connectivity index (χ0) is 13.7. The number of aryl methyl sites for hydroxylation is 1. The maximum atomic E-state index is 11.8. The molecule has 2 rings (SSSR count). The van der Waals surface area contributed by atoms with Crippen molar-refractivity contribution in [2.75, 3.05) is 16.8 Å². The minimum atomic E-state index is -0.0288. The number of anilines is 2. The maximum Gasteiger partial charge on any atom is 0.234 e. The molecule has 0 atom stereocenters. The van der Waals surface area contributed by atoms with Crippen LogP contribution in [-0.2, 0) is 4.79 Å². The molecular weight excluding hydrogens is 256 g/mol. The molecule has 2 aromatic rings. The fourth-order valence-corrected chi connectivity index (χ4v) is 2.50. The fraction of sp³-hybridized carbons (Fsp3) is 0.133. The molecule has 0 spiro atoms. The Morgan fingerprint density at radius 3 is 2.74 bits per heavy atom. The molecule has 1 amide bonds. The first-order valence-electron chi connectivity index (χ1n) is 5.99. The van der Waals surface area contributed by atoms with Crippen molar-refractivity contribution in [3.05, 3.63) is 54.1 Å². The fourth-order valence-electron chi connectivity index (χ4n) is 1.68. The summed E-state index contributed by atoms with van der Waals surface area (Å²) in [7, 11) is 0. The highest BCUT2D eigenvalue weighted by atomic mass is 32.2. The lowest BCUT2D eigenvalue weighted by Crippen LogP contribution is -2.14. The molecule has 4 heteroatoms. The van der Waals surface area contributed by atoms with Crippen molar-refractivity contribution in [2.45, 2.75) is 11.8 Å². The summed E-state index contributed by atoms with van der Waals surface area (Å²) in [5, 5.41) is 2.83. The summed E-state index contributed by atoms with van der Waals surface area (Å²) >= 11 is 1.54. The third kappa shape index (κ3) is 4.03. The van der Waals surface area contributed by atoms with E-state index in [0.29, 0.717) is 11.4 Å². The number of amides is 1. The van der Waals surface area contributed by atoms with Gasteiger partial charge in [0.05, 0.1) is 5.75 Å². The van der Waals surface area contributed by atoms with E-state index in [9.17, 15) is 4.79 Å². The Labute approximate surface area is 117 Å². The van der Waals surface area contributed by atoms with Crippen molar-refractivity contribution < 1.29 is 4.79 Å². The molecule has 0 aliphatic heterocycles. The molecule has 98 valence electrons. The number of nitrogen functional groups attached to an aromatic ring is 1. The van der Waals surface area contributed by atoms with Gasteiger partial charge in [0, 0.05) is 16.3 Å². The highest BCUT2D eigenvalue weighted by Gasteiger charge is 2.05. The summed E-state index contributed by atoms with van der Waals surface area (Å²) in [5.74, 6) is 0.360. The van der Waals surface area contributed by atoms with Crippen LogP contribution in [0.4, 0.5) is 11.4 Å². The molecule has 0 aromatic heterocycles. The van der Waals surface area contributed by atoms with E-state index in [1.807, 2.05) is 43.3 Å². The zero-order valence-electron chi connectivity index (χ0n) is 10.7. The Morgan fingerprint density at radius 2 is 2.00 bits per heavy atom. The van der Waals surface area contributed by atoms with Crippen molar-refractivity contribution in [3.8, 4) is 0 Å². The monoisotopic (exact) mass is 272 g/mol. The Morgan fingerprint density at radius 1 is 1.21 bits per heavy atom. The second kappa shape index (κ2) is 6.29. The van der Waals surface area contributed by atoms with Crippen molar-refractivity contribution >= 4 is 29.0 Å². The van der Waals surface area contributed by atoms with E-state index in [1.54, 1.807) is 12.1 Å². The molecule has 2 aromatic carbocycles. The number of rotatable bonds is 4. The molecule has 0 aliphatic carbocycles. The quantitative estimate of drug-likeness (QED) is 0.663. The maximum absolute atomic E-state index is 11.8. The summed E-state index contributed by atoms with van der Waals surface area (Å²) < 4.78 is 0. The van der Waals surface area contributed by atoms with Gasteiger partial charge in [0.25, 0.3) is 0 Å². The van der Waals surface area contributed by atoms with Gasteiger partial charge in [-0.2, -0.15) is 0 Å². The van der Waals surface area contributed by atoms with Gasteiger partial charge >= 0.3 is 0 Å². The molecule has 3 nitrogen and oxygen atoms in total. The molecular formula is C15H16N2OS. The molecule has 0 fully saturated rings. The molecule has 0 heterocycles. The second-order valence-electron chi connectivity index (χ2n) is 4.23. The summed E-state index contributed by atoms with van der Waals surface area (Å²) in [6.45, 7) is 2.04. The molecule has 0 bridgehead atoms. The first kappa shape index (κ1) is 13.5. The van der Waals surface area contributed by atoms with Crippen LogP contribution in [0.1, 0.15) is 5.56 Å². The van der Waals surface area contributed by atoms with Crippen LogP contribution in [0.5, 0.6) is 0 Å². The van der Waals surface area contributed by atoms with Crippen LogP contribution in [0, 0.1) is 6.92 Å². The topological polar surface area (TPSA) is 55.1 Å². The van der Waals surface area contributed by atoms with E-state index in [0.717, 1.165) is 10.6 Å². The molecule has 19 heavy (non-hydrogen) atoms. The Hall–Kier alpha value is -1.94. The number of nitrogens with one attached hydrogen (secondary N) is 1. The molecule has 0 unspecified atom stereocenters. The van der Waals surface area contributed by atoms with Gasteiger partial charge in [-0.1, -0.05) is 24.3 Å². The Balaban J connectivity index is 1.90. The third-order valence-electron chi connectivity index (χ3n) is 2.62. The van der Waals surface area contributed by atoms with Crippen LogP contribution >= 0.6 is 11.8 Å². The average molecular weight is 272 g/mol. The molecule has 0 aliphatic rings. The number of hydrogen-bond donors (Lipinski definition) is 2. The average Bonchev–Trinajstić information content (AvgIpc) is 2.38. The highest BCUT2D eigenvalue weighted by molar-refractivity contribution is 8.00. The summed E-state index contributed by atoms with van der Waals surface area (Å²) in [6.07, 6.45) is 0. The van der Waals surface area contributed by atoms with Gasteiger partial charge in [-0.15, -0.1) is 11.8 Å². The van der Waals surface area contributed by atoms with E-state index in [2.05, 4.69) is 5.32 Å². The van der Waals surface area contributed by atoms with Crippen molar-refractivity contribution in [1.29, 1.82) is 0 Å². The summed E-state index contributed by atoms with van der Waals surface area (Å²) in [5.41, 5.74) is 8.22. The second-order valence-corrected chi connectivity index (χ2v) is 5.24. The molecule has 0 saturated carbocycles. The predicted octanol–water partition coefficient (Wildman–Crippen LogP) is 3.31. The summed E-state index contributed by atoms with van der Waals surface area (Å²) in [4.78, 5) is 13.0. The predicted molar refractivity (Wildman–Crippen MR) is 81.4 cm³/mol. The third-order valence-corrected chi connectivity index (χ3v) is 3.80. The van der Waals surface area contributed by atoms with Crippen LogP contribution in [-0.4, -0.2) is 11.7 Å². The lowest BCUT2D eigenvalue weighted by atomic mass is 10.2. The van der Waals surface area contributed by atoms with Crippen LogP contribution < -0.4 is 11.1 Å². The van der Waals surface area contributed by atoms with Crippen molar-refractivity contribution in [1.82, 2.24) is 0 Å². The number of hydrogen-bond acceptors (Lipinski definition) is 3. The molecule has 0 radical (unpaired) electrons. The number of carbonyl (C=O) groups excluding carboxylic acids is 1. The number of nitrogens with two attached hydrogens (primary N) is 1. The zero-order valence-corrected chi connectivity index (χ0v) is 11.5. The largest absolute Gasteiger partial charge is 0.399 e. The molecule has 3 N–H and O–H groups in total. The van der Waals surface area contributed by atoms with Crippen LogP contribution in [0.2, 0.25) is 0 Å². The van der Waals surface area contributed by atoms with Gasteiger partial charge in [-0.05, 0) is 36.8 Å². The van der Waals surface area contributed by atoms with E-state index in [4.69, 9.17) is 5.73 Å². The van der Waals surface area contributed by atoms with Crippen LogP contribution in [0.15, 0.2) is 53.4 Å². The van der Waals surface area contributed by atoms with Crippen LogP contribution in [0.3, 0.4) is 0 Å². The standard InChI is InChI=1S/C15H16N2OS/c1-11-5-2-3-8-14(11)19-10-15(18)17-13-7-4-6-12(16)9-13/h2-9H,10,16H2,1H3,(H,17,18). The van der Waals surface area contributed by atoms with E-state index < -0.39 is 0 Å². The van der Waals surface area contributed by atoms with E-state index in [1.165, 1.54) is 17.3 Å². The van der Waals surface area contributed by atoms with Gasteiger partial charge in [0.1, 0.15) is 0 Å². The van der Waals surface area contributed by atoms with Crippen molar-refractivity contribution in [3.63, 3.8) is 0 Å². The van der Waals surface area contributed by atoms with Gasteiger partial charge in [-0.25, -0.2) is 0 Å². The minimum absolute atomic E-state index is 0.0288.